The summed E-state index contributed by atoms with van der Waals surface area (Å²) in [5.74, 6) is 0. The van der Waals surface area contributed by atoms with E-state index in [-0.39, 0.29) is 0 Å². The van der Waals surface area contributed by atoms with Crippen LogP contribution in [0, 0.1) is 18.3 Å². The van der Waals surface area contributed by atoms with Crippen LogP contribution in [0.15, 0.2) is 54.6 Å². The van der Waals surface area contributed by atoms with Crippen molar-refractivity contribution in [1.82, 2.24) is 15.0 Å². The fraction of sp³-hybridized carbons (Fsp3) is 0.0625. The standard InChI is InChI=1S/C16H12N4/c1-12-7-9-14(10-8-12)20-15(11-17)16(18-19-20)13-5-3-2-4-6-13/h2-10H,1H3. The quantitative estimate of drug-likeness (QED) is 0.711. The lowest BCUT2D eigenvalue weighted by Gasteiger charge is -2.02. The zero-order valence-corrected chi connectivity index (χ0v) is 11.0. The van der Waals surface area contributed by atoms with E-state index in [2.05, 4.69) is 16.4 Å². The molecular weight excluding hydrogens is 248 g/mol. The Hall–Kier alpha value is -2.93. The SMILES string of the molecule is Cc1ccc(-n2nnc(-c3ccccc3)c2C#N)cc1. The van der Waals surface area contributed by atoms with Crippen LogP contribution in [0.25, 0.3) is 16.9 Å². The van der Waals surface area contributed by atoms with Gasteiger partial charge in [0, 0.05) is 5.56 Å². The highest BCUT2D eigenvalue weighted by Crippen LogP contribution is 2.22. The first-order valence-corrected chi connectivity index (χ1v) is 6.28. The van der Waals surface area contributed by atoms with Gasteiger partial charge in [0.05, 0.1) is 5.69 Å². The zero-order valence-electron chi connectivity index (χ0n) is 11.0. The van der Waals surface area contributed by atoms with E-state index in [1.54, 1.807) is 4.68 Å². The highest BCUT2D eigenvalue weighted by molar-refractivity contribution is 5.65. The molecule has 0 aliphatic carbocycles. The molecular formula is C16H12N4. The lowest BCUT2D eigenvalue weighted by Crippen LogP contribution is -1.99. The number of aromatic nitrogens is 3. The highest BCUT2D eigenvalue weighted by Gasteiger charge is 2.15. The molecule has 0 aliphatic heterocycles. The summed E-state index contributed by atoms with van der Waals surface area (Å²) in [6, 6.07) is 19.6. The summed E-state index contributed by atoms with van der Waals surface area (Å²) in [6.07, 6.45) is 0. The van der Waals surface area contributed by atoms with Crippen molar-refractivity contribution in [3.63, 3.8) is 0 Å². The van der Waals surface area contributed by atoms with Crippen molar-refractivity contribution in [3.8, 4) is 23.0 Å². The second kappa shape index (κ2) is 4.98. The van der Waals surface area contributed by atoms with E-state index in [4.69, 9.17) is 0 Å². The third kappa shape index (κ3) is 2.06. The fourth-order valence-electron chi connectivity index (χ4n) is 2.04. The van der Waals surface area contributed by atoms with Crippen molar-refractivity contribution in [1.29, 1.82) is 5.26 Å². The molecule has 0 unspecified atom stereocenters. The average molecular weight is 260 g/mol. The van der Waals surface area contributed by atoms with E-state index >= 15 is 0 Å². The van der Waals surface area contributed by atoms with E-state index in [1.807, 2.05) is 61.5 Å². The summed E-state index contributed by atoms with van der Waals surface area (Å²) in [6.45, 7) is 2.02. The third-order valence-corrected chi connectivity index (χ3v) is 3.10. The molecule has 4 nitrogen and oxygen atoms in total. The number of benzene rings is 2. The van der Waals surface area contributed by atoms with Crippen molar-refractivity contribution in [3.05, 3.63) is 65.9 Å². The molecule has 0 saturated heterocycles. The average Bonchev–Trinajstić information content (AvgIpc) is 2.93. The largest absolute Gasteiger partial charge is 0.202 e. The molecule has 0 amide bonds. The minimum absolute atomic E-state index is 0.444. The van der Waals surface area contributed by atoms with Crippen LogP contribution in [-0.2, 0) is 0 Å². The molecule has 0 spiro atoms. The maximum absolute atomic E-state index is 9.41. The molecule has 0 radical (unpaired) electrons. The second-order valence-corrected chi connectivity index (χ2v) is 4.51. The molecule has 3 aromatic rings. The molecule has 0 atom stereocenters. The fourth-order valence-corrected chi connectivity index (χ4v) is 2.04. The highest BCUT2D eigenvalue weighted by atomic mass is 15.4. The molecule has 2 aromatic carbocycles. The molecule has 3 rings (SSSR count). The Kier molecular flexibility index (Phi) is 3.02. The first-order chi connectivity index (χ1) is 9.79. The maximum atomic E-state index is 9.41. The molecule has 0 aliphatic rings. The smallest absolute Gasteiger partial charge is 0.172 e. The zero-order chi connectivity index (χ0) is 13.9. The summed E-state index contributed by atoms with van der Waals surface area (Å²) < 4.78 is 1.57. The summed E-state index contributed by atoms with van der Waals surface area (Å²) in [7, 11) is 0. The third-order valence-electron chi connectivity index (χ3n) is 3.10. The van der Waals surface area contributed by atoms with Crippen LogP contribution in [-0.4, -0.2) is 15.0 Å². The van der Waals surface area contributed by atoms with Gasteiger partial charge >= 0.3 is 0 Å². The second-order valence-electron chi connectivity index (χ2n) is 4.51. The monoisotopic (exact) mass is 260 g/mol. The Morgan fingerprint density at radius 1 is 1.00 bits per heavy atom. The van der Waals surface area contributed by atoms with E-state index in [9.17, 15) is 5.26 Å². The van der Waals surface area contributed by atoms with Gasteiger partial charge in [0.25, 0.3) is 0 Å². The van der Waals surface area contributed by atoms with Gasteiger partial charge in [-0.05, 0) is 19.1 Å². The van der Waals surface area contributed by atoms with E-state index in [1.165, 1.54) is 0 Å². The van der Waals surface area contributed by atoms with Crippen molar-refractivity contribution >= 4 is 0 Å². The molecule has 0 fully saturated rings. The predicted molar refractivity (Wildman–Crippen MR) is 76.2 cm³/mol. The number of hydrogen-bond donors (Lipinski definition) is 0. The van der Waals surface area contributed by atoms with Crippen LogP contribution >= 0.6 is 0 Å². The lowest BCUT2D eigenvalue weighted by atomic mass is 10.1. The molecule has 96 valence electrons. The van der Waals surface area contributed by atoms with Crippen LogP contribution in [0.2, 0.25) is 0 Å². The van der Waals surface area contributed by atoms with Crippen LogP contribution in [0.4, 0.5) is 0 Å². The van der Waals surface area contributed by atoms with Gasteiger partial charge in [-0.15, -0.1) is 5.10 Å². The molecule has 20 heavy (non-hydrogen) atoms. The first-order valence-electron chi connectivity index (χ1n) is 6.28. The Labute approximate surface area is 116 Å². The summed E-state index contributed by atoms with van der Waals surface area (Å²) in [4.78, 5) is 0. The van der Waals surface area contributed by atoms with E-state index in [0.717, 1.165) is 16.8 Å². The van der Waals surface area contributed by atoms with Crippen LogP contribution in [0.3, 0.4) is 0 Å². The number of hydrogen-bond acceptors (Lipinski definition) is 3. The van der Waals surface area contributed by atoms with Gasteiger partial charge in [0.2, 0.25) is 0 Å². The molecule has 4 heteroatoms. The topological polar surface area (TPSA) is 54.5 Å². The Bertz CT molecular complexity index is 764. The Morgan fingerprint density at radius 3 is 2.35 bits per heavy atom. The normalized spacial score (nSPS) is 10.2. The minimum atomic E-state index is 0.444. The van der Waals surface area contributed by atoms with E-state index < -0.39 is 0 Å². The van der Waals surface area contributed by atoms with E-state index in [0.29, 0.717) is 11.4 Å². The number of aryl methyl sites for hydroxylation is 1. The van der Waals surface area contributed by atoms with Gasteiger partial charge in [0.15, 0.2) is 5.69 Å². The summed E-state index contributed by atoms with van der Waals surface area (Å²) >= 11 is 0. The van der Waals surface area contributed by atoms with Gasteiger partial charge in [-0.2, -0.15) is 5.26 Å². The molecule has 1 aromatic heterocycles. The van der Waals surface area contributed by atoms with Gasteiger partial charge in [-0.3, -0.25) is 0 Å². The molecule has 0 saturated carbocycles. The molecule has 0 N–H and O–H groups in total. The summed E-state index contributed by atoms with van der Waals surface area (Å²) in [5.41, 5.74) is 3.94. The van der Waals surface area contributed by atoms with Crippen molar-refractivity contribution in [2.24, 2.45) is 0 Å². The van der Waals surface area contributed by atoms with Crippen LogP contribution < -0.4 is 0 Å². The van der Waals surface area contributed by atoms with Crippen LogP contribution in [0.5, 0.6) is 0 Å². The van der Waals surface area contributed by atoms with Crippen molar-refractivity contribution in [2.75, 3.05) is 0 Å². The Balaban J connectivity index is 2.13. The predicted octanol–water partition coefficient (Wildman–Crippen LogP) is 3.11. The molecule has 1 heterocycles. The van der Waals surface area contributed by atoms with Gasteiger partial charge in [-0.1, -0.05) is 53.2 Å². The summed E-state index contributed by atoms with van der Waals surface area (Å²) in [5, 5.41) is 17.7. The lowest BCUT2D eigenvalue weighted by molar-refractivity contribution is 0.796. The maximum Gasteiger partial charge on any atom is 0.172 e. The van der Waals surface area contributed by atoms with Crippen molar-refractivity contribution < 1.29 is 0 Å². The number of nitriles is 1. The van der Waals surface area contributed by atoms with Crippen LogP contribution in [0.1, 0.15) is 11.3 Å². The number of nitrogens with zero attached hydrogens (tertiary/aromatic N) is 4. The first kappa shape index (κ1) is 12.1. The molecule has 0 bridgehead atoms. The van der Waals surface area contributed by atoms with Gasteiger partial charge in [0.1, 0.15) is 11.8 Å². The van der Waals surface area contributed by atoms with Gasteiger partial charge in [-0.25, -0.2) is 4.68 Å². The number of rotatable bonds is 2. The Morgan fingerprint density at radius 2 is 1.70 bits per heavy atom. The minimum Gasteiger partial charge on any atom is -0.202 e. The van der Waals surface area contributed by atoms with Crippen molar-refractivity contribution in [2.45, 2.75) is 6.92 Å². The van der Waals surface area contributed by atoms with Gasteiger partial charge < -0.3 is 0 Å².